The Morgan fingerprint density at radius 1 is 1.06 bits per heavy atom. The highest BCUT2D eigenvalue weighted by atomic mass is 16.2. The van der Waals surface area contributed by atoms with E-state index in [-0.39, 0.29) is 29.8 Å². The number of hydrogen-bond acceptors (Lipinski definition) is 5. The van der Waals surface area contributed by atoms with E-state index in [1.54, 1.807) is 35.1 Å². The average Bonchev–Trinajstić information content (AvgIpc) is 3.50. The summed E-state index contributed by atoms with van der Waals surface area (Å²) in [5, 5.41) is 13.9. The van der Waals surface area contributed by atoms with Crippen LogP contribution in [0.25, 0.3) is 0 Å². The predicted molar refractivity (Wildman–Crippen MR) is 115 cm³/mol. The molecule has 2 aliphatic rings. The summed E-state index contributed by atoms with van der Waals surface area (Å²) in [5.74, 6) is -0.379. The van der Waals surface area contributed by atoms with Gasteiger partial charge in [0, 0.05) is 30.8 Å². The highest BCUT2D eigenvalue weighted by Crippen LogP contribution is 2.22. The summed E-state index contributed by atoms with van der Waals surface area (Å²) in [5.41, 5.74) is 1.56. The van der Waals surface area contributed by atoms with E-state index < -0.39 is 0 Å². The molecular formula is C22H28N6O3. The van der Waals surface area contributed by atoms with Crippen molar-refractivity contribution in [2.45, 2.75) is 64.1 Å². The summed E-state index contributed by atoms with van der Waals surface area (Å²) >= 11 is 0. The van der Waals surface area contributed by atoms with Crippen LogP contribution in [0.3, 0.4) is 0 Å². The first kappa shape index (κ1) is 21.0. The van der Waals surface area contributed by atoms with Crippen LogP contribution in [0, 0.1) is 0 Å². The van der Waals surface area contributed by atoms with Crippen LogP contribution in [-0.4, -0.2) is 56.2 Å². The number of carbonyl (C=O) groups is 3. The van der Waals surface area contributed by atoms with E-state index in [4.69, 9.17) is 0 Å². The molecule has 3 amide bonds. The number of aromatic nitrogens is 3. The van der Waals surface area contributed by atoms with Gasteiger partial charge < -0.3 is 15.5 Å². The molecule has 2 N–H and O–H groups in total. The third-order valence-corrected chi connectivity index (χ3v) is 5.95. The Labute approximate surface area is 181 Å². The molecule has 0 unspecified atom stereocenters. The van der Waals surface area contributed by atoms with E-state index in [9.17, 15) is 14.4 Å². The maximum Gasteiger partial charge on any atom is 0.273 e. The summed E-state index contributed by atoms with van der Waals surface area (Å²) in [4.78, 5) is 38.4. The van der Waals surface area contributed by atoms with Gasteiger partial charge in [0.05, 0.1) is 18.8 Å². The van der Waals surface area contributed by atoms with E-state index in [0.29, 0.717) is 30.0 Å². The number of likely N-dealkylation sites (tertiary alicyclic amines) is 1. The lowest BCUT2D eigenvalue weighted by Gasteiger charge is -2.24. The first-order valence-electron chi connectivity index (χ1n) is 10.9. The van der Waals surface area contributed by atoms with E-state index in [2.05, 4.69) is 20.9 Å². The fourth-order valence-electron chi connectivity index (χ4n) is 4.40. The molecule has 0 bridgehead atoms. The zero-order valence-corrected chi connectivity index (χ0v) is 17.7. The van der Waals surface area contributed by atoms with Crippen LogP contribution in [0.5, 0.6) is 0 Å². The molecule has 9 nitrogen and oxygen atoms in total. The van der Waals surface area contributed by atoms with Crippen LogP contribution < -0.4 is 10.6 Å². The van der Waals surface area contributed by atoms with Crippen LogP contribution in [0.15, 0.2) is 30.5 Å². The SMILES string of the molecule is CC(=O)Nc1ccc(C(=O)N2CCC[C@H]2Cn2cc(C(=O)NC3CCCC3)nn2)cc1. The van der Waals surface area contributed by atoms with Crippen molar-refractivity contribution in [3.63, 3.8) is 0 Å². The molecule has 31 heavy (non-hydrogen) atoms. The quantitative estimate of drug-likeness (QED) is 0.739. The van der Waals surface area contributed by atoms with Gasteiger partial charge in [-0.25, -0.2) is 4.68 Å². The maximum absolute atomic E-state index is 13.0. The second-order valence-corrected chi connectivity index (χ2v) is 8.33. The number of benzene rings is 1. The standard InChI is InChI=1S/C22H28N6O3/c1-15(29)23-18-10-8-16(9-11-18)22(31)28-12-4-7-19(28)13-27-14-20(25-26-27)21(30)24-17-5-2-3-6-17/h8-11,14,17,19H,2-7,12-13H2,1H3,(H,23,29)(H,24,30)/t19-/m0/s1. The second-order valence-electron chi connectivity index (χ2n) is 8.33. The Morgan fingerprint density at radius 3 is 2.52 bits per heavy atom. The number of rotatable bonds is 6. The van der Waals surface area contributed by atoms with Crippen molar-refractivity contribution in [2.24, 2.45) is 0 Å². The summed E-state index contributed by atoms with van der Waals surface area (Å²) in [6.45, 7) is 2.63. The molecule has 1 atom stereocenters. The van der Waals surface area contributed by atoms with Gasteiger partial charge >= 0.3 is 0 Å². The summed E-state index contributed by atoms with van der Waals surface area (Å²) in [6.07, 6.45) is 7.80. The van der Waals surface area contributed by atoms with Crippen molar-refractivity contribution in [1.82, 2.24) is 25.2 Å². The Morgan fingerprint density at radius 2 is 1.81 bits per heavy atom. The summed E-state index contributed by atoms with van der Waals surface area (Å²) < 4.78 is 1.65. The highest BCUT2D eigenvalue weighted by molar-refractivity contribution is 5.96. The minimum atomic E-state index is -0.184. The highest BCUT2D eigenvalue weighted by Gasteiger charge is 2.30. The van der Waals surface area contributed by atoms with Crippen LogP contribution in [0.1, 0.15) is 66.3 Å². The van der Waals surface area contributed by atoms with Gasteiger partial charge in [0.25, 0.3) is 11.8 Å². The average molecular weight is 425 g/mol. The first-order chi connectivity index (χ1) is 15.0. The van der Waals surface area contributed by atoms with Gasteiger partial charge in [-0.1, -0.05) is 18.1 Å². The van der Waals surface area contributed by atoms with E-state index in [1.807, 2.05) is 4.90 Å². The van der Waals surface area contributed by atoms with Crippen LogP contribution in [0.4, 0.5) is 5.69 Å². The van der Waals surface area contributed by atoms with Crippen molar-refractivity contribution in [3.05, 3.63) is 41.7 Å². The molecule has 1 aliphatic heterocycles. The van der Waals surface area contributed by atoms with Crippen LogP contribution >= 0.6 is 0 Å². The number of carbonyl (C=O) groups excluding carboxylic acids is 3. The molecule has 0 spiro atoms. The van der Waals surface area contributed by atoms with Crippen molar-refractivity contribution < 1.29 is 14.4 Å². The molecule has 4 rings (SSSR count). The third-order valence-electron chi connectivity index (χ3n) is 5.95. The molecule has 2 heterocycles. The minimum absolute atomic E-state index is 0.00466. The largest absolute Gasteiger partial charge is 0.348 e. The lowest BCUT2D eigenvalue weighted by Crippen LogP contribution is -2.38. The molecule has 0 radical (unpaired) electrons. The van der Waals surface area contributed by atoms with Gasteiger partial charge in [-0.05, 0) is 49.9 Å². The van der Waals surface area contributed by atoms with Gasteiger partial charge in [0.2, 0.25) is 5.91 Å². The Kier molecular flexibility index (Phi) is 6.29. The molecular weight excluding hydrogens is 396 g/mol. The zero-order valence-electron chi connectivity index (χ0n) is 17.7. The van der Waals surface area contributed by atoms with E-state index in [1.165, 1.54) is 6.92 Å². The fourth-order valence-corrected chi connectivity index (χ4v) is 4.40. The summed E-state index contributed by atoms with van der Waals surface area (Å²) in [7, 11) is 0. The van der Waals surface area contributed by atoms with Gasteiger partial charge in [-0.3, -0.25) is 14.4 Å². The molecule has 2 fully saturated rings. The first-order valence-corrected chi connectivity index (χ1v) is 10.9. The minimum Gasteiger partial charge on any atom is -0.348 e. The Balaban J connectivity index is 1.37. The van der Waals surface area contributed by atoms with Crippen LogP contribution in [-0.2, 0) is 11.3 Å². The molecule has 1 aliphatic carbocycles. The molecule has 1 aromatic carbocycles. The molecule has 164 valence electrons. The monoisotopic (exact) mass is 424 g/mol. The molecule has 1 aromatic heterocycles. The van der Waals surface area contributed by atoms with Crippen molar-refractivity contribution in [2.75, 3.05) is 11.9 Å². The molecule has 1 saturated carbocycles. The number of nitrogens with zero attached hydrogens (tertiary/aromatic N) is 4. The van der Waals surface area contributed by atoms with Crippen molar-refractivity contribution in [1.29, 1.82) is 0 Å². The smallest absolute Gasteiger partial charge is 0.273 e. The topological polar surface area (TPSA) is 109 Å². The van der Waals surface area contributed by atoms with Gasteiger partial charge in [-0.15, -0.1) is 5.10 Å². The molecule has 9 heteroatoms. The zero-order chi connectivity index (χ0) is 21.8. The van der Waals surface area contributed by atoms with Gasteiger partial charge in [0.15, 0.2) is 5.69 Å². The lowest BCUT2D eigenvalue weighted by atomic mass is 10.1. The van der Waals surface area contributed by atoms with E-state index in [0.717, 1.165) is 38.5 Å². The molecule has 1 saturated heterocycles. The van der Waals surface area contributed by atoms with Gasteiger partial charge in [-0.2, -0.15) is 0 Å². The van der Waals surface area contributed by atoms with Crippen molar-refractivity contribution in [3.8, 4) is 0 Å². The predicted octanol–water partition coefficient (Wildman–Crippen LogP) is 2.21. The lowest BCUT2D eigenvalue weighted by molar-refractivity contribution is -0.114. The third kappa shape index (κ3) is 5.10. The number of nitrogens with one attached hydrogen (secondary N) is 2. The number of hydrogen-bond donors (Lipinski definition) is 2. The van der Waals surface area contributed by atoms with Crippen molar-refractivity contribution >= 4 is 23.4 Å². The Hall–Kier alpha value is -3.23. The fraction of sp³-hybridized carbons (Fsp3) is 0.500. The second kappa shape index (κ2) is 9.28. The maximum atomic E-state index is 13.0. The number of amides is 3. The number of anilines is 1. The van der Waals surface area contributed by atoms with Crippen LogP contribution in [0.2, 0.25) is 0 Å². The Bertz CT molecular complexity index is 948. The molecule has 2 aromatic rings. The van der Waals surface area contributed by atoms with Gasteiger partial charge in [0.1, 0.15) is 0 Å². The normalized spacial score (nSPS) is 18.9. The van der Waals surface area contributed by atoms with E-state index >= 15 is 0 Å². The summed E-state index contributed by atoms with van der Waals surface area (Å²) in [6, 6.07) is 7.14.